The third-order valence-corrected chi connectivity index (χ3v) is 5.16. The molecule has 1 saturated heterocycles. The number of carbonyl (C=O) groups is 2. The number of hydrogen-bond acceptors (Lipinski definition) is 3. The Labute approximate surface area is 126 Å². The summed E-state index contributed by atoms with van der Waals surface area (Å²) >= 11 is 0. The number of amides is 1. The van der Waals surface area contributed by atoms with E-state index in [2.05, 4.69) is 0 Å². The molecular formula is C16H27NO4. The van der Waals surface area contributed by atoms with Crippen molar-refractivity contribution >= 4 is 11.9 Å². The monoisotopic (exact) mass is 297 g/mol. The summed E-state index contributed by atoms with van der Waals surface area (Å²) in [5, 5.41) is 9.23. The van der Waals surface area contributed by atoms with Gasteiger partial charge in [0.05, 0.1) is 11.3 Å². The minimum Gasteiger partial charge on any atom is -0.481 e. The van der Waals surface area contributed by atoms with Gasteiger partial charge in [0.2, 0.25) is 5.91 Å². The minimum atomic E-state index is -0.785. The first-order valence-electron chi connectivity index (χ1n) is 8.10. The van der Waals surface area contributed by atoms with Gasteiger partial charge in [0, 0.05) is 26.3 Å². The van der Waals surface area contributed by atoms with Crippen LogP contribution in [0, 0.1) is 17.3 Å². The van der Waals surface area contributed by atoms with Crippen LogP contribution in [0.15, 0.2) is 0 Å². The second-order valence-corrected chi connectivity index (χ2v) is 6.57. The van der Waals surface area contributed by atoms with Crippen LogP contribution < -0.4 is 0 Å². The van der Waals surface area contributed by atoms with Crippen LogP contribution in [0.4, 0.5) is 0 Å². The molecule has 2 fully saturated rings. The van der Waals surface area contributed by atoms with Gasteiger partial charge in [0.25, 0.3) is 0 Å². The molecule has 0 aromatic rings. The Balaban J connectivity index is 2.04. The molecule has 120 valence electrons. The third kappa shape index (κ3) is 3.39. The van der Waals surface area contributed by atoms with Crippen molar-refractivity contribution in [2.24, 2.45) is 17.3 Å². The Morgan fingerprint density at radius 2 is 1.95 bits per heavy atom. The smallest absolute Gasteiger partial charge is 0.308 e. The quantitative estimate of drug-likeness (QED) is 0.763. The summed E-state index contributed by atoms with van der Waals surface area (Å²) in [6, 6.07) is 0. The topological polar surface area (TPSA) is 66.8 Å². The van der Waals surface area contributed by atoms with Crippen molar-refractivity contribution in [1.29, 1.82) is 0 Å². The highest BCUT2D eigenvalue weighted by molar-refractivity contribution is 5.84. The Bertz CT molecular complexity index is 390. The molecule has 2 aliphatic rings. The predicted octanol–water partition coefficient (Wildman–Crippen LogP) is 2.15. The van der Waals surface area contributed by atoms with E-state index in [9.17, 15) is 14.7 Å². The van der Waals surface area contributed by atoms with Gasteiger partial charge in [-0.25, -0.2) is 0 Å². The van der Waals surface area contributed by atoms with Crippen LogP contribution in [-0.2, 0) is 14.3 Å². The summed E-state index contributed by atoms with van der Waals surface area (Å²) in [5.74, 6) is -1.00. The lowest BCUT2D eigenvalue weighted by Gasteiger charge is -2.32. The molecule has 2 rings (SSSR count). The highest BCUT2D eigenvalue weighted by atomic mass is 16.5. The molecule has 0 aromatic heterocycles. The van der Waals surface area contributed by atoms with Gasteiger partial charge in [-0.1, -0.05) is 19.8 Å². The number of ether oxygens (including phenoxy) is 1. The number of carboxylic acids is 1. The van der Waals surface area contributed by atoms with Gasteiger partial charge in [-0.15, -0.1) is 0 Å². The maximum absolute atomic E-state index is 13.0. The van der Waals surface area contributed by atoms with Gasteiger partial charge >= 0.3 is 5.97 Å². The molecule has 0 bridgehead atoms. The summed E-state index contributed by atoms with van der Waals surface area (Å²) in [5.41, 5.74) is -0.303. The third-order valence-electron chi connectivity index (χ3n) is 5.16. The molecule has 1 aliphatic carbocycles. The molecule has 0 spiro atoms. The fourth-order valence-corrected chi connectivity index (χ4v) is 3.82. The standard InChI is InChI=1S/C16H27NO4/c1-3-21-9-8-16(6-4-5-7-16)15(20)17-10-12(2)13(11-17)14(18)19/h12-13H,3-11H2,1-2H3,(H,18,19)/t12-,13-/m1/s1. The second kappa shape index (κ2) is 6.77. The van der Waals surface area contributed by atoms with E-state index in [1.54, 1.807) is 4.90 Å². The van der Waals surface area contributed by atoms with E-state index in [1.807, 2.05) is 13.8 Å². The van der Waals surface area contributed by atoms with E-state index in [-0.39, 0.29) is 17.2 Å². The minimum absolute atomic E-state index is 0.0387. The van der Waals surface area contributed by atoms with Crippen LogP contribution in [-0.4, -0.2) is 48.2 Å². The molecule has 0 radical (unpaired) electrons. The van der Waals surface area contributed by atoms with Crippen molar-refractivity contribution in [3.63, 3.8) is 0 Å². The average Bonchev–Trinajstić information content (AvgIpc) is 3.06. The molecule has 0 aromatic carbocycles. The summed E-state index contributed by atoms with van der Waals surface area (Å²) < 4.78 is 5.45. The van der Waals surface area contributed by atoms with Crippen LogP contribution >= 0.6 is 0 Å². The second-order valence-electron chi connectivity index (χ2n) is 6.57. The zero-order valence-corrected chi connectivity index (χ0v) is 13.1. The van der Waals surface area contributed by atoms with Crippen LogP contribution in [0.25, 0.3) is 0 Å². The number of likely N-dealkylation sites (tertiary alicyclic amines) is 1. The molecule has 1 amide bonds. The summed E-state index contributed by atoms with van der Waals surface area (Å²) in [7, 11) is 0. The zero-order chi connectivity index (χ0) is 15.5. The molecule has 1 heterocycles. The number of aliphatic carboxylic acids is 1. The lowest BCUT2D eigenvalue weighted by molar-refractivity contribution is -0.144. The van der Waals surface area contributed by atoms with Crippen molar-refractivity contribution < 1.29 is 19.4 Å². The van der Waals surface area contributed by atoms with Gasteiger partial charge in [-0.2, -0.15) is 0 Å². The van der Waals surface area contributed by atoms with E-state index in [0.29, 0.717) is 26.3 Å². The lowest BCUT2D eigenvalue weighted by atomic mass is 9.81. The van der Waals surface area contributed by atoms with Gasteiger partial charge in [0.15, 0.2) is 0 Å². The van der Waals surface area contributed by atoms with E-state index in [0.717, 1.165) is 32.1 Å². The lowest BCUT2D eigenvalue weighted by Crippen LogP contribution is -2.42. The van der Waals surface area contributed by atoms with Crippen molar-refractivity contribution in [2.45, 2.75) is 46.0 Å². The molecular weight excluding hydrogens is 270 g/mol. The largest absolute Gasteiger partial charge is 0.481 e. The fourth-order valence-electron chi connectivity index (χ4n) is 3.82. The SMILES string of the molecule is CCOCCC1(C(=O)N2C[C@@H](C)[C@H](C(=O)O)C2)CCCC1. The van der Waals surface area contributed by atoms with Crippen molar-refractivity contribution in [3.05, 3.63) is 0 Å². The number of nitrogens with zero attached hydrogens (tertiary/aromatic N) is 1. The van der Waals surface area contributed by atoms with E-state index >= 15 is 0 Å². The van der Waals surface area contributed by atoms with E-state index in [4.69, 9.17) is 4.74 Å². The van der Waals surface area contributed by atoms with Gasteiger partial charge in [0.1, 0.15) is 0 Å². The number of hydrogen-bond donors (Lipinski definition) is 1. The first-order chi connectivity index (χ1) is 10.00. The van der Waals surface area contributed by atoms with Crippen molar-refractivity contribution in [2.75, 3.05) is 26.3 Å². The predicted molar refractivity (Wildman–Crippen MR) is 78.9 cm³/mol. The van der Waals surface area contributed by atoms with Crippen LogP contribution in [0.2, 0.25) is 0 Å². The molecule has 21 heavy (non-hydrogen) atoms. The maximum atomic E-state index is 13.0. The molecule has 1 aliphatic heterocycles. The molecule has 2 atom stereocenters. The Hall–Kier alpha value is -1.10. The van der Waals surface area contributed by atoms with Crippen LogP contribution in [0.1, 0.15) is 46.0 Å². The number of rotatable bonds is 6. The number of carbonyl (C=O) groups excluding carboxylic acids is 1. The number of carboxylic acid groups (broad SMARTS) is 1. The molecule has 1 saturated carbocycles. The Morgan fingerprint density at radius 3 is 2.48 bits per heavy atom. The average molecular weight is 297 g/mol. The summed E-state index contributed by atoms with van der Waals surface area (Å²) in [6.45, 7) is 6.12. The molecule has 5 nitrogen and oxygen atoms in total. The van der Waals surface area contributed by atoms with Gasteiger partial charge in [-0.3, -0.25) is 9.59 Å². The maximum Gasteiger partial charge on any atom is 0.308 e. The van der Waals surface area contributed by atoms with Crippen molar-refractivity contribution in [1.82, 2.24) is 4.90 Å². The van der Waals surface area contributed by atoms with E-state index < -0.39 is 11.9 Å². The van der Waals surface area contributed by atoms with E-state index in [1.165, 1.54) is 0 Å². The summed E-state index contributed by atoms with van der Waals surface area (Å²) in [4.78, 5) is 26.0. The van der Waals surface area contributed by atoms with Crippen LogP contribution in [0.3, 0.4) is 0 Å². The fraction of sp³-hybridized carbons (Fsp3) is 0.875. The van der Waals surface area contributed by atoms with Crippen molar-refractivity contribution in [3.8, 4) is 0 Å². The molecule has 1 N–H and O–H groups in total. The highest BCUT2D eigenvalue weighted by Gasteiger charge is 2.46. The Kier molecular flexibility index (Phi) is 5.25. The van der Waals surface area contributed by atoms with Gasteiger partial charge < -0.3 is 14.7 Å². The molecule has 5 heteroatoms. The normalized spacial score (nSPS) is 28.0. The van der Waals surface area contributed by atoms with Gasteiger partial charge in [-0.05, 0) is 32.1 Å². The zero-order valence-electron chi connectivity index (χ0n) is 13.1. The summed E-state index contributed by atoms with van der Waals surface area (Å²) in [6.07, 6.45) is 4.78. The highest BCUT2D eigenvalue weighted by Crippen LogP contribution is 2.44. The first kappa shape index (κ1) is 16.3. The van der Waals surface area contributed by atoms with Crippen LogP contribution in [0.5, 0.6) is 0 Å². The first-order valence-corrected chi connectivity index (χ1v) is 8.10. The molecule has 0 unspecified atom stereocenters. The Morgan fingerprint density at radius 1 is 1.29 bits per heavy atom.